The predicted molar refractivity (Wildman–Crippen MR) is 82.4 cm³/mol. The zero-order valence-electron chi connectivity index (χ0n) is 12.2. The van der Waals surface area contributed by atoms with Crippen molar-refractivity contribution in [1.29, 1.82) is 0 Å². The largest absolute Gasteiger partial charge is 0.332 e. The molecule has 0 aliphatic carbocycles. The van der Waals surface area contributed by atoms with Gasteiger partial charge in [0, 0.05) is 18.4 Å². The molecule has 0 spiro atoms. The van der Waals surface area contributed by atoms with Crippen molar-refractivity contribution < 1.29 is 0 Å². The molecule has 0 saturated carbocycles. The van der Waals surface area contributed by atoms with E-state index in [1.807, 2.05) is 38.4 Å². The van der Waals surface area contributed by atoms with Crippen LogP contribution in [0.1, 0.15) is 38.3 Å². The molecule has 0 atom stereocenters. The van der Waals surface area contributed by atoms with Gasteiger partial charge >= 0.3 is 5.69 Å². The highest BCUT2D eigenvalue weighted by molar-refractivity contribution is 5.36. The Hall–Kier alpha value is -1.81. The highest BCUT2D eigenvalue weighted by Gasteiger charge is 2.07. The highest BCUT2D eigenvalue weighted by atomic mass is 16.1. The molecule has 0 aliphatic heterocycles. The lowest BCUT2D eigenvalue weighted by molar-refractivity contribution is 0.574. The van der Waals surface area contributed by atoms with E-state index in [1.165, 1.54) is 5.56 Å². The maximum Gasteiger partial charge on any atom is 0.332 e. The van der Waals surface area contributed by atoms with Crippen LogP contribution in [0.5, 0.6) is 0 Å². The number of aryl methyl sites for hydroxylation is 1. The second-order valence-electron chi connectivity index (χ2n) is 5.37. The quantitative estimate of drug-likeness (QED) is 0.822. The van der Waals surface area contributed by atoms with Gasteiger partial charge in [-0.05, 0) is 57.4 Å². The van der Waals surface area contributed by atoms with Crippen LogP contribution in [0.4, 0.5) is 0 Å². The molecule has 20 heavy (non-hydrogen) atoms. The van der Waals surface area contributed by atoms with Crippen LogP contribution in [0.25, 0.3) is 5.69 Å². The average Bonchev–Trinajstić information content (AvgIpc) is 2.81. The lowest BCUT2D eigenvalue weighted by Gasteiger charge is -2.07. The molecule has 1 aromatic carbocycles. The standard InChI is InChI=1S/C16H23N3O/c1-13(2)18-10-11-19(16(18)20)15-8-5-7-14(12-15)6-3-4-9-17/h5,7-8,10-13H,3-4,6,9,17H2,1-2H3. The van der Waals surface area contributed by atoms with Gasteiger partial charge in [0.25, 0.3) is 0 Å². The number of hydrogen-bond acceptors (Lipinski definition) is 2. The van der Waals surface area contributed by atoms with Crippen LogP contribution < -0.4 is 11.4 Å². The van der Waals surface area contributed by atoms with Gasteiger partial charge in [-0.25, -0.2) is 4.79 Å². The second kappa shape index (κ2) is 6.57. The summed E-state index contributed by atoms with van der Waals surface area (Å²) in [5.41, 5.74) is 7.71. The summed E-state index contributed by atoms with van der Waals surface area (Å²) >= 11 is 0. The minimum Gasteiger partial charge on any atom is -0.330 e. The van der Waals surface area contributed by atoms with Crippen molar-refractivity contribution in [2.45, 2.75) is 39.2 Å². The summed E-state index contributed by atoms with van der Waals surface area (Å²) in [6.45, 7) is 4.75. The molecule has 4 nitrogen and oxygen atoms in total. The van der Waals surface area contributed by atoms with Gasteiger partial charge in [0.2, 0.25) is 0 Å². The zero-order chi connectivity index (χ0) is 14.5. The fourth-order valence-electron chi connectivity index (χ4n) is 2.32. The van der Waals surface area contributed by atoms with Gasteiger partial charge < -0.3 is 5.73 Å². The van der Waals surface area contributed by atoms with E-state index in [4.69, 9.17) is 5.73 Å². The second-order valence-corrected chi connectivity index (χ2v) is 5.37. The first-order chi connectivity index (χ1) is 9.63. The number of nitrogens with two attached hydrogens (primary N) is 1. The SMILES string of the molecule is CC(C)n1ccn(-c2cccc(CCCCN)c2)c1=O. The summed E-state index contributed by atoms with van der Waals surface area (Å²) < 4.78 is 3.44. The van der Waals surface area contributed by atoms with Gasteiger partial charge in [-0.2, -0.15) is 0 Å². The van der Waals surface area contributed by atoms with Crippen molar-refractivity contribution in [3.8, 4) is 5.69 Å². The van der Waals surface area contributed by atoms with Crippen LogP contribution in [-0.4, -0.2) is 15.7 Å². The number of rotatable bonds is 6. The third kappa shape index (κ3) is 3.20. The lowest BCUT2D eigenvalue weighted by atomic mass is 10.1. The number of hydrogen-bond donors (Lipinski definition) is 1. The average molecular weight is 273 g/mol. The molecule has 2 rings (SSSR count). The van der Waals surface area contributed by atoms with E-state index in [9.17, 15) is 4.79 Å². The Bertz CT molecular complexity index is 610. The Labute approximate surface area is 119 Å². The molecule has 1 heterocycles. The van der Waals surface area contributed by atoms with Crippen LogP contribution in [0.2, 0.25) is 0 Å². The van der Waals surface area contributed by atoms with Crippen molar-refractivity contribution in [2.24, 2.45) is 5.73 Å². The number of imidazole rings is 1. The third-order valence-electron chi connectivity index (χ3n) is 3.47. The molecule has 2 aromatic rings. The summed E-state index contributed by atoms with van der Waals surface area (Å²) in [4.78, 5) is 12.3. The van der Waals surface area contributed by atoms with Crippen LogP contribution >= 0.6 is 0 Å². The zero-order valence-corrected chi connectivity index (χ0v) is 12.2. The van der Waals surface area contributed by atoms with Crippen molar-refractivity contribution in [1.82, 2.24) is 9.13 Å². The van der Waals surface area contributed by atoms with Crippen LogP contribution in [-0.2, 0) is 6.42 Å². The minimum absolute atomic E-state index is 0.0131. The van der Waals surface area contributed by atoms with Gasteiger partial charge in [-0.1, -0.05) is 12.1 Å². The molecule has 4 heteroatoms. The Balaban J connectivity index is 2.25. The third-order valence-corrected chi connectivity index (χ3v) is 3.47. The number of nitrogens with zero attached hydrogens (tertiary/aromatic N) is 2. The fraction of sp³-hybridized carbons (Fsp3) is 0.438. The van der Waals surface area contributed by atoms with Crippen molar-refractivity contribution in [2.75, 3.05) is 6.54 Å². The number of aromatic nitrogens is 2. The van der Waals surface area contributed by atoms with E-state index in [-0.39, 0.29) is 11.7 Å². The normalized spacial score (nSPS) is 11.2. The van der Waals surface area contributed by atoms with Crippen LogP contribution in [0.3, 0.4) is 0 Å². The molecule has 0 bridgehead atoms. The van der Waals surface area contributed by atoms with Crippen molar-refractivity contribution in [3.05, 3.63) is 52.7 Å². The summed E-state index contributed by atoms with van der Waals surface area (Å²) in [6, 6.07) is 8.34. The van der Waals surface area contributed by atoms with Crippen LogP contribution in [0.15, 0.2) is 41.5 Å². The maximum absolute atomic E-state index is 12.3. The van der Waals surface area contributed by atoms with Crippen molar-refractivity contribution >= 4 is 0 Å². The van der Waals surface area contributed by atoms with E-state index in [0.717, 1.165) is 31.5 Å². The maximum atomic E-state index is 12.3. The number of unbranched alkanes of at least 4 members (excludes halogenated alkanes) is 1. The Morgan fingerprint density at radius 3 is 2.65 bits per heavy atom. The molecule has 1 aromatic heterocycles. The first-order valence-corrected chi connectivity index (χ1v) is 7.22. The smallest absolute Gasteiger partial charge is 0.330 e. The van der Waals surface area contributed by atoms with E-state index in [1.54, 1.807) is 9.13 Å². The van der Waals surface area contributed by atoms with Crippen LogP contribution in [0, 0.1) is 0 Å². The predicted octanol–water partition coefficient (Wildman–Crippen LogP) is 2.50. The summed E-state index contributed by atoms with van der Waals surface area (Å²) in [5, 5.41) is 0. The van der Waals surface area contributed by atoms with E-state index < -0.39 is 0 Å². The summed E-state index contributed by atoms with van der Waals surface area (Å²) in [6.07, 6.45) is 6.80. The van der Waals surface area contributed by atoms with Gasteiger partial charge in [0.15, 0.2) is 0 Å². The van der Waals surface area contributed by atoms with E-state index in [0.29, 0.717) is 0 Å². The molecular weight excluding hydrogens is 250 g/mol. The molecule has 2 N–H and O–H groups in total. The Morgan fingerprint density at radius 2 is 2.00 bits per heavy atom. The van der Waals surface area contributed by atoms with Gasteiger partial charge in [-0.15, -0.1) is 0 Å². The number of benzene rings is 1. The van der Waals surface area contributed by atoms with E-state index >= 15 is 0 Å². The molecule has 0 unspecified atom stereocenters. The van der Waals surface area contributed by atoms with E-state index in [2.05, 4.69) is 12.1 Å². The molecule has 108 valence electrons. The molecule has 0 saturated heterocycles. The molecule has 0 fully saturated rings. The topological polar surface area (TPSA) is 52.9 Å². The lowest BCUT2D eigenvalue weighted by Crippen LogP contribution is -2.24. The van der Waals surface area contributed by atoms with Gasteiger partial charge in [0.1, 0.15) is 0 Å². The van der Waals surface area contributed by atoms with Gasteiger partial charge in [-0.3, -0.25) is 9.13 Å². The summed E-state index contributed by atoms with van der Waals surface area (Å²) in [5.74, 6) is 0. The van der Waals surface area contributed by atoms with Crippen molar-refractivity contribution in [3.63, 3.8) is 0 Å². The monoisotopic (exact) mass is 273 g/mol. The van der Waals surface area contributed by atoms with Gasteiger partial charge in [0.05, 0.1) is 5.69 Å². The summed E-state index contributed by atoms with van der Waals surface area (Å²) in [7, 11) is 0. The Morgan fingerprint density at radius 1 is 1.20 bits per heavy atom. The first-order valence-electron chi connectivity index (χ1n) is 7.22. The molecule has 0 aliphatic rings. The molecular formula is C16H23N3O. The molecule has 0 radical (unpaired) electrons. The highest BCUT2D eigenvalue weighted by Crippen LogP contribution is 2.12. The fourth-order valence-corrected chi connectivity index (χ4v) is 2.32. The Kier molecular flexibility index (Phi) is 4.79. The minimum atomic E-state index is 0.0131. The first kappa shape index (κ1) is 14.6. The molecule has 0 amide bonds.